The Morgan fingerprint density at radius 3 is 2.43 bits per heavy atom. The zero-order valence-corrected chi connectivity index (χ0v) is 12.7. The summed E-state index contributed by atoms with van der Waals surface area (Å²) in [7, 11) is 0. The van der Waals surface area contributed by atoms with E-state index in [-0.39, 0.29) is 19.0 Å². The van der Waals surface area contributed by atoms with Crippen LogP contribution >= 0.6 is 12.4 Å². The van der Waals surface area contributed by atoms with Crippen LogP contribution in [0, 0.1) is 0 Å². The minimum atomic E-state index is -4.34. The molecule has 0 radical (unpaired) electrons. The Morgan fingerprint density at radius 1 is 1.26 bits per heavy atom. The number of hydrogen-bond acceptors (Lipinski definition) is 4. The number of nitrogens with one attached hydrogen (secondary N) is 2. The van der Waals surface area contributed by atoms with Gasteiger partial charge in [-0.2, -0.15) is 18.3 Å². The molecule has 0 aliphatic heterocycles. The predicted molar refractivity (Wildman–Crippen MR) is 80.9 cm³/mol. The average Bonchev–Trinajstić information content (AvgIpc) is 2.94. The monoisotopic (exact) mass is 349 g/mol. The molecule has 2 aromatic rings. The minimum absolute atomic E-state index is 0. The molecule has 1 heterocycles. The Kier molecular flexibility index (Phi) is 6.52. The molecule has 0 fully saturated rings. The molecule has 2 rings (SSSR count). The van der Waals surface area contributed by atoms with Crippen molar-refractivity contribution in [3.8, 4) is 11.4 Å². The molecule has 0 spiro atoms. The fourth-order valence-corrected chi connectivity index (χ4v) is 1.70. The van der Waals surface area contributed by atoms with Crippen molar-refractivity contribution in [3.63, 3.8) is 0 Å². The number of aromatic amines is 1. The Bertz CT molecular complexity index is 642. The van der Waals surface area contributed by atoms with Crippen LogP contribution < -0.4 is 11.1 Å². The van der Waals surface area contributed by atoms with Gasteiger partial charge in [0.15, 0.2) is 5.82 Å². The fourth-order valence-electron chi connectivity index (χ4n) is 1.70. The van der Waals surface area contributed by atoms with Gasteiger partial charge in [-0.15, -0.1) is 12.4 Å². The maximum atomic E-state index is 12.0. The minimum Gasteiger partial charge on any atom is -0.326 e. The zero-order chi connectivity index (χ0) is 16.2. The summed E-state index contributed by atoms with van der Waals surface area (Å²) in [5.41, 5.74) is 6.52. The second-order valence-electron chi connectivity index (χ2n) is 4.55. The highest BCUT2D eigenvalue weighted by Crippen LogP contribution is 2.22. The molecule has 0 saturated heterocycles. The largest absolute Gasteiger partial charge is 0.389 e. The first-order valence-electron chi connectivity index (χ1n) is 6.46. The van der Waals surface area contributed by atoms with Gasteiger partial charge in [0.1, 0.15) is 5.82 Å². The lowest BCUT2D eigenvalue weighted by atomic mass is 10.2. The van der Waals surface area contributed by atoms with Gasteiger partial charge in [-0.3, -0.25) is 9.89 Å². The first-order chi connectivity index (χ1) is 10.4. The molecule has 0 unspecified atom stereocenters. The summed E-state index contributed by atoms with van der Waals surface area (Å²) in [5, 5.41) is 9.05. The maximum absolute atomic E-state index is 12.0. The number of carbonyl (C=O) groups excluding carboxylic acids is 1. The topological polar surface area (TPSA) is 96.7 Å². The van der Waals surface area contributed by atoms with E-state index in [1.165, 1.54) is 0 Å². The lowest BCUT2D eigenvalue weighted by molar-refractivity contribution is -0.142. The summed E-state index contributed by atoms with van der Waals surface area (Å²) in [6.45, 7) is 0.236. The smallest absolute Gasteiger partial charge is 0.326 e. The van der Waals surface area contributed by atoms with Crippen LogP contribution in [-0.2, 0) is 11.3 Å². The van der Waals surface area contributed by atoms with Gasteiger partial charge in [0, 0.05) is 17.7 Å². The van der Waals surface area contributed by atoms with E-state index in [1.807, 2.05) is 0 Å². The molecule has 1 aromatic heterocycles. The number of hydrogen-bond donors (Lipinski definition) is 3. The van der Waals surface area contributed by atoms with E-state index in [2.05, 4.69) is 20.5 Å². The van der Waals surface area contributed by atoms with Crippen LogP contribution in [0.15, 0.2) is 24.3 Å². The molecular formula is C13H15ClF3N5O. The van der Waals surface area contributed by atoms with E-state index in [0.717, 1.165) is 0 Å². The Labute approximate surface area is 136 Å². The van der Waals surface area contributed by atoms with Crippen molar-refractivity contribution in [1.82, 2.24) is 15.2 Å². The number of H-pyrrole nitrogens is 1. The number of benzene rings is 1. The van der Waals surface area contributed by atoms with Gasteiger partial charge in [-0.25, -0.2) is 4.98 Å². The summed E-state index contributed by atoms with van der Waals surface area (Å²) in [6, 6.07) is 6.45. The van der Waals surface area contributed by atoms with Crippen LogP contribution in [0.4, 0.5) is 18.9 Å². The van der Waals surface area contributed by atoms with Crippen LogP contribution in [-0.4, -0.2) is 27.3 Å². The molecule has 1 aromatic carbocycles. The molecule has 0 atom stereocenters. The van der Waals surface area contributed by atoms with Gasteiger partial charge in [0.25, 0.3) is 0 Å². The van der Waals surface area contributed by atoms with Gasteiger partial charge >= 0.3 is 6.18 Å². The summed E-state index contributed by atoms with van der Waals surface area (Å²) in [5.74, 6) is 0.309. The maximum Gasteiger partial charge on any atom is 0.389 e. The summed E-state index contributed by atoms with van der Waals surface area (Å²) in [4.78, 5) is 15.5. The molecule has 6 nitrogen and oxygen atoms in total. The van der Waals surface area contributed by atoms with E-state index in [0.29, 0.717) is 22.9 Å². The molecule has 10 heteroatoms. The highest BCUT2D eigenvalue weighted by molar-refractivity contribution is 5.90. The number of nitrogens with two attached hydrogens (primary N) is 1. The lowest BCUT2D eigenvalue weighted by Crippen LogP contribution is -2.16. The number of nitrogens with zero attached hydrogens (tertiary/aromatic N) is 2. The number of halogens is 4. The van der Waals surface area contributed by atoms with Crippen LogP contribution in [0.25, 0.3) is 11.4 Å². The van der Waals surface area contributed by atoms with E-state index >= 15 is 0 Å². The molecule has 0 saturated carbocycles. The molecule has 0 bridgehead atoms. The second-order valence-corrected chi connectivity index (χ2v) is 4.55. The Balaban J connectivity index is 0.00000264. The van der Waals surface area contributed by atoms with Crippen LogP contribution in [0.5, 0.6) is 0 Å². The van der Waals surface area contributed by atoms with Crippen molar-refractivity contribution in [1.29, 1.82) is 0 Å². The standard InChI is InChI=1S/C13H14F3N5O.ClH/c14-13(15,16)6-5-11(22)18-9-3-1-8(2-4-9)12-19-10(7-17)20-21-12;/h1-4H,5-7,17H2,(H,18,22)(H,19,20,21);1H. The van der Waals surface area contributed by atoms with E-state index in [9.17, 15) is 18.0 Å². The summed E-state index contributed by atoms with van der Waals surface area (Å²) in [6.07, 6.45) is -6.09. The number of anilines is 1. The number of aromatic nitrogens is 3. The number of rotatable bonds is 5. The predicted octanol–water partition coefficient (Wildman–Crippen LogP) is 2.63. The second kappa shape index (κ2) is 7.93. The number of carbonyl (C=O) groups is 1. The van der Waals surface area contributed by atoms with Crippen molar-refractivity contribution in [3.05, 3.63) is 30.1 Å². The third-order valence-corrected chi connectivity index (χ3v) is 2.79. The third kappa shape index (κ3) is 5.87. The summed E-state index contributed by atoms with van der Waals surface area (Å²) >= 11 is 0. The highest BCUT2D eigenvalue weighted by atomic mass is 35.5. The number of alkyl halides is 3. The number of amides is 1. The first kappa shape index (κ1) is 18.9. The van der Waals surface area contributed by atoms with Gasteiger partial charge in [-0.05, 0) is 24.3 Å². The van der Waals surface area contributed by atoms with Crippen LogP contribution in [0.3, 0.4) is 0 Å². The molecule has 126 valence electrons. The molecular weight excluding hydrogens is 335 g/mol. The van der Waals surface area contributed by atoms with Crippen molar-refractivity contribution in [2.24, 2.45) is 5.73 Å². The van der Waals surface area contributed by atoms with Gasteiger partial charge in [0.05, 0.1) is 13.0 Å². The molecule has 0 aliphatic carbocycles. The fraction of sp³-hybridized carbons (Fsp3) is 0.308. The zero-order valence-electron chi connectivity index (χ0n) is 11.9. The Morgan fingerprint density at radius 2 is 1.91 bits per heavy atom. The quantitative estimate of drug-likeness (QED) is 0.773. The highest BCUT2D eigenvalue weighted by Gasteiger charge is 2.27. The van der Waals surface area contributed by atoms with E-state index in [4.69, 9.17) is 5.73 Å². The van der Waals surface area contributed by atoms with Crippen molar-refractivity contribution in [2.45, 2.75) is 25.6 Å². The normalized spacial score (nSPS) is 11.0. The molecule has 4 N–H and O–H groups in total. The van der Waals surface area contributed by atoms with Gasteiger partial charge in [-0.1, -0.05) is 0 Å². The van der Waals surface area contributed by atoms with Gasteiger partial charge < -0.3 is 11.1 Å². The first-order valence-corrected chi connectivity index (χ1v) is 6.46. The lowest BCUT2D eigenvalue weighted by Gasteiger charge is -2.07. The van der Waals surface area contributed by atoms with E-state index in [1.54, 1.807) is 24.3 Å². The average molecular weight is 350 g/mol. The van der Waals surface area contributed by atoms with Gasteiger partial charge in [0.2, 0.25) is 5.91 Å². The SMILES string of the molecule is Cl.NCc1nc(-c2ccc(NC(=O)CCC(F)(F)F)cc2)n[nH]1. The third-order valence-electron chi connectivity index (χ3n) is 2.79. The van der Waals surface area contributed by atoms with Crippen molar-refractivity contribution in [2.75, 3.05) is 5.32 Å². The molecule has 23 heavy (non-hydrogen) atoms. The Hall–Kier alpha value is -2.13. The molecule has 1 amide bonds. The van der Waals surface area contributed by atoms with Crippen molar-refractivity contribution < 1.29 is 18.0 Å². The van der Waals surface area contributed by atoms with Crippen molar-refractivity contribution >= 4 is 24.0 Å². The van der Waals surface area contributed by atoms with Crippen LogP contribution in [0.2, 0.25) is 0 Å². The van der Waals surface area contributed by atoms with Crippen LogP contribution in [0.1, 0.15) is 18.7 Å². The molecule has 0 aliphatic rings. The van der Waals surface area contributed by atoms with E-state index < -0.39 is 24.9 Å². The summed E-state index contributed by atoms with van der Waals surface area (Å²) < 4.78 is 36.1.